The molecule has 124 valence electrons. The normalized spacial score (nSPS) is 10.4. The lowest BCUT2D eigenvalue weighted by atomic mass is 10.2. The number of ether oxygens (including phenoxy) is 3. The van der Waals surface area contributed by atoms with Gasteiger partial charge in [-0.25, -0.2) is 0 Å². The van der Waals surface area contributed by atoms with E-state index in [0.717, 1.165) is 17.9 Å². The Morgan fingerprint density at radius 1 is 1.04 bits per heavy atom. The van der Waals surface area contributed by atoms with Crippen LogP contribution in [0.4, 0.5) is 0 Å². The Morgan fingerprint density at radius 2 is 1.78 bits per heavy atom. The van der Waals surface area contributed by atoms with Gasteiger partial charge in [0.15, 0.2) is 11.5 Å². The number of hydrogen-bond donors (Lipinski definition) is 1. The van der Waals surface area contributed by atoms with Crippen molar-refractivity contribution in [2.75, 3.05) is 27.4 Å². The maximum atomic E-state index is 6.26. The van der Waals surface area contributed by atoms with E-state index in [2.05, 4.69) is 5.32 Å². The molecule has 0 saturated carbocycles. The number of aryl methyl sites for hydroxylation is 1. The fourth-order valence-corrected chi connectivity index (χ4v) is 2.42. The topological polar surface area (TPSA) is 39.7 Å². The minimum Gasteiger partial charge on any atom is -0.493 e. The van der Waals surface area contributed by atoms with Crippen LogP contribution in [0.2, 0.25) is 5.02 Å². The Morgan fingerprint density at radius 3 is 2.48 bits per heavy atom. The lowest BCUT2D eigenvalue weighted by Gasteiger charge is -2.12. The predicted octanol–water partition coefficient (Wildman–Crippen LogP) is 3.83. The van der Waals surface area contributed by atoms with Crippen LogP contribution in [0.15, 0.2) is 36.4 Å². The van der Waals surface area contributed by atoms with Gasteiger partial charge in [-0.2, -0.15) is 0 Å². The van der Waals surface area contributed by atoms with Crippen molar-refractivity contribution in [3.63, 3.8) is 0 Å². The van der Waals surface area contributed by atoms with Crippen LogP contribution in [-0.4, -0.2) is 27.4 Å². The summed E-state index contributed by atoms with van der Waals surface area (Å²) in [6.45, 7) is 3.99. The van der Waals surface area contributed by atoms with Crippen molar-refractivity contribution < 1.29 is 14.2 Å². The summed E-state index contributed by atoms with van der Waals surface area (Å²) in [6, 6.07) is 11.7. The van der Waals surface area contributed by atoms with Gasteiger partial charge in [-0.15, -0.1) is 0 Å². The van der Waals surface area contributed by atoms with Crippen molar-refractivity contribution in [1.29, 1.82) is 0 Å². The number of benzene rings is 2. The number of hydrogen-bond acceptors (Lipinski definition) is 4. The molecule has 0 heterocycles. The van der Waals surface area contributed by atoms with Crippen LogP contribution in [0, 0.1) is 6.92 Å². The third-order valence-corrected chi connectivity index (χ3v) is 3.76. The number of methoxy groups -OCH3 is 2. The molecule has 23 heavy (non-hydrogen) atoms. The smallest absolute Gasteiger partial charge is 0.162 e. The molecule has 2 aromatic carbocycles. The Balaban J connectivity index is 1.82. The average molecular weight is 336 g/mol. The number of nitrogens with one attached hydrogen (secondary N) is 1. The van der Waals surface area contributed by atoms with E-state index in [0.29, 0.717) is 29.7 Å². The molecule has 0 aliphatic heterocycles. The maximum absolute atomic E-state index is 6.26. The molecule has 0 saturated heterocycles. The van der Waals surface area contributed by atoms with Gasteiger partial charge in [-0.1, -0.05) is 23.7 Å². The summed E-state index contributed by atoms with van der Waals surface area (Å²) in [6.07, 6.45) is 0. The maximum Gasteiger partial charge on any atom is 0.162 e. The third-order valence-electron chi connectivity index (χ3n) is 3.41. The molecule has 2 rings (SSSR count). The molecule has 0 amide bonds. The first-order chi connectivity index (χ1) is 11.1. The van der Waals surface area contributed by atoms with E-state index >= 15 is 0 Å². The quantitative estimate of drug-likeness (QED) is 0.744. The van der Waals surface area contributed by atoms with Gasteiger partial charge in [0.25, 0.3) is 0 Å². The first-order valence-electron chi connectivity index (χ1n) is 7.44. The summed E-state index contributed by atoms with van der Waals surface area (Å²) in [5.74, 6) is 2.18. The van der Waals surface area contributed by atoms with Crippen LogP contribution in [0.3, 0.4) is 0 Å². The van der Waals surface area contributed by atoms with E-state index < -0.39 is 0 Å². The zero-order chi connectivity index (χ0) is 16.7. The van der Waals surface area contributed by atoms with Crippen LogP contribution < -0.4 is 19.5 Å². The minimum atomic E-state index is 0.592. The molecule has 2 aromatic rings. The highest BCUT2D eigenvalue weighted by Gasteiger charge is 2.09. The van der Waals surface area contributed by atoms with E-state index in [-0.39, 0.29) is 0 Å². The molecule has 0 fully saturated rings. The van der Waals surface area contributed by atoms with Gasteiger partial charge in [0.05, 0.1) is 14.2 Å². The molecule has 0 spiro atoms. The van der Waals surface area contributed by atoms with Crippen molar-refractivity contribution in [3.05, 3.63) is 52.5 Å². The molecular formula is C18H22ClNO3. The average Bonchev–Trinajstić information content (AvgIpc) is 2.55. The summed E-state index contributed by atoms with van der Waals surface area (Å²) in [7, 11) is 3.20. The van der Waals surface area contributed by atoms with Gasteiger partial charge >= 0.3 is 0 Å². The molecule has 0 aliphatic rings. The van der Waals surface area contributed by atoms with E-state index in [1.807, 2.05) is 37.3 Å². The Hall–Kier alpha value is -1.91. The van der Waals surface area contributed by atoms with Gasteiger partial charge in [-0.3, -0.25) is 0 Å². The molecule has 5 heteroatoms. The molecule has 0 aliphatic carbocycles. The second-order valence-corrected chi connectivity index (χ2v) is 5.55. The summed E-state index contributed by atoms with van der Waals surface area (Å²) < 4.78 is 16.2. The van der Waals surface area contributed by atoms with Gasteiger partial charge in [0, 0.05) is 24.2 Å². The highest BCUT2D eigenvalue weighted by molar-refractivity contribution is 6.31. The highest BCUT2D eigenvalue weighted by Crippen LogP contribution is 2.32. The largest absolute Gasteiger partial charge is 0.493 e. The fourth-order valence-electron chi connectivity index (χ4n) is 2.20. The van der Waals surface area contributed by atoms with Gasteiger partial charge in [0.1, 0.15) is 12.4 Å². The molecule has 1 N–H and O–H groups in total. The lowest BCUT2D eigenvalue weighted by Crippen LogP contribution is -2.20. The number of halogens is 1. The van der Waals surface area contributed by atoms with Crippen LogP contribution >= 0.6 is 11.6 Å². The third kappa shape index (κ3) is 5.05. The van der Waals surface area contributed by atoms with E-state index in [4.69, 9.17) is 25.8 Å². The van der Waals surface area contributed by atoms with Crippen molar-refractivity contribution in [1.82, 2.24) is 5.32 Å². The first kappa shape index (κ1) is 17.4. The zero-order valence-corrected chi connectivity index (χ0v) is 14.4. The van der Waals surface area contributed by atoms with Crippen LogP contribution in [0.1, 0.15) is 11.1 Å². The van der Waals surface area contributed by atoms with Crippen molar-refractivity contribution in [2.45, 2.75) is 13.5 Å². The van der Waals surface area contributed by atoms with Gasteiger partial charge in [0.2, 0.25) is 0 Å². The van der Waals surface area contributed by atoms with E-state index in [1.165, 1.54) is 5.56 Å². The van der Waals surface area contributed by atoms with Crippen LogP contribution in [-0.2, 0) is 6.54 Å². The standard InChI is InChI=1S/C18H22ClNO3/c1-13-5-4-6-15(9-13)23-8-7-20-12-14-10-17(21-2)18(22-3)11-16(14)19/h4-6,9-11,20H,7-8,12H2,1-3H3. The van der Waals surface area contributed by atoms with Gasteiger partial charge in [-0.05, 0) is 36.2 Å². The lowest BCUT2D eigenvalue weighted by molar-refractivity contribution is 0.313. The molecular weight excluding hydrogens is 314 g/mol. The second kappa shape index (κ2) is 8.65. The summed E-state index contributed by atoms with van der Waals surface area (Å²) >= 11 is 6.26. The highest BCUT2D eigenvalue weighted by atomic mass is 35.5. The molecule has 0 aromatic heterocycles. The van der Waals surface area contributed by atoms with E-state index in [1.54, 1.807) is 20.3 Å². The minimum absolute atomic E-state index is 0.592. The summed E-state index contributed by atoms with van der Waals surface area (Å²) in [5.41, 5.74) is 2.15. The second-order valence-electron chi connectivity index (χ2n) is 5.14. The van der Waals surface area contributed by atoms with Crippen LogP contribution in [0.5, 0.6) is 17.2 Å². The zero-order valence-electron chi connectivity index (χ0n) is 13.7. The van der Waals surface area contributed by atoms with Crippen molar-refractivity contribution in [3.8, 4) is 17.2 Å². The molecule has 4 nitrogen and oxygen atoms in total. The molecule has 0 unspecified atom stereocenters. The van der Waals surface area contributed by atoms with Gasteiger partial charge < -0.3 is 19.5 Å². The SMILES string of the molecule is COc1cc(Cl)c(CNCCOc2cccc(C)c2)cc1OC. The monoisotopic (exact) mass is 335 g/mol. The Kier molecular flexibility index (Phi) is 6.56. The molecule has 0 atom stereocenters. The Bertz CT molecular complexity index is 646. The Labute approximate surface area is 142 Å². The van der Waals surface area contributed by atoms with Crippen molar-refractivity contribution >= 4 is 11.6 Å². The molecule has 0 radical (unpaired) electrons. The predicted molar refractivity (Wildman–Crippen MR) is 92.9 cm³/mol. The molecule has 0 bridgehead atoms. The van der Waals surface area contributed by atoms with E-state index in [9.17, 15) is 0 Å². The van der Waals surface area contributed by atoms with Crippen LogP contribution in [0.25, 0.3) is 0 Å². The van der Waals surface area contributed by atoms with Crippen molar-refractivity contribution in [2.24, 2.45) is 0 Å². The number of rotatable bonds is 8. The summed E-state index contributed by atoms with van der Waals surface area (Å²) in [4.78, 5) is 0. The first-order valence-corrected chi connectivity index (χ1v) is 7.82. The summed E-state index contributed by atoms with van der Waals surface area (Å²) in [5, 5.41) is 3.96. The fraction of sp³-hybridized carbons (Fsp3) is 0.333.